The van der Waals surface area contributed by atoms with Crippen molar-refractivity contribution in [2.24, 2.45) is 0 Å². The highest BCUT2D eigenvalue weighted by Crippen LogP contribution is 2.23. The molecule has 0 radical (unpaired) electrons. The molecule has 1 N–H and O–H groups in total. The number of rotatable bonds is 1. The predicted octanol–water partition coefficient (Wildman–Crippen LogP) is 3.46. The first kappa shape index (κ1) is 12.8. The number of benzene rings is 2. The standard InChI is InChI=1S/C18H15N3O/c1-11-7-8-13(9-12(11)2)15-10-17-19-18(22)14-5-3-4-6-16(14)21(17)20-15/h3-10H,1-2H3,(H,19,22). The van der Waals surface area contributed by atoms with E-state index in [0.717, 1.165) is 16.8 Å². The van der Waals surface area contributed by atoms with E-state index in [1.54, 1.807) is 4.52 Å². The van der Waals surface area contributed by atoms with Crippen LogP contribution in [0.25, 0.3) is 27.8 Å². The third-order valence-corrected chi connectivity index (χ3v) is 4.13. The highest BCUT2D eigenvalue weighted by molar-refractivity contribution is 5.81. The number of aromatic amines is 1. The molecule has 22 heavy (non-hydrogen) atoms. The molecular weight excluding hydrogens is 274 g/mol. The Kier molecular flexibility index (Phi) is 2.66. The summed E-state index contributed by atoms with van der Waals surface area (Å²) in [5, 5.41) is 5.31. The third kappa shape index (κ3) is 1.84. The molecule has 0 aliphatic rings. The molecule has 2 aromatic carbocycles. The van der Waals surface area contributed by atoms with Gasteiger partial charge in [0.2, 0.25) is 0 Å². The number of nitrogens with one attached hydrogen (secondary N) is 1. The van der Waals surface area contributed by atoms with Crippen molar-refractivity contribution in [1.29, 1.82) is 0 Å². The van der Waals surface area contributed by atoms with Gasteiger partial charge in [0.05, 0.1) is 16.6 Å². The largest absolute Gasteiger partial charge is 0.306 e. The zero-order valence-electron chi connectivity index (χ0n) is 12.4. The van der Waals surface area contributed by atoms with Gasteiger partial charge in [0.25, 0.3) is 5.56 Å². The van der Waals surface area contributed by atoms with Crippen LogP contribution in [-0.2, 0) is 0 Å². The molecule has 4 aromatic rings. The Hall–Kier alpha value is -2.88. The van der Waals surface area contributed by atoms with Crippen molar-refractivity contribution in [3.63, 3.8) is 0 Å². The van der Waals surface area contributed by atoms with Gasteiger partial charge in [-0.2, -0.15) is 5.10 Å². The van der Waals surface area contributed by atoms with Crippen molar-refractivity contribution < 1.29 is 0 Å². The third-order valence-electron chi connectivity index (χ3n) is 4.13. The average molecular weight is 289 g/mol. The molecule has 2 heterocycles. The molecule has 0 atom stereocenters. The highest BCUT2D eigenvalue weighted by atomic mass is 16.1. The van der Waals surface area contributed by atoms with E-state index in [-0.39, 0.29) is 5.56 Å². The molecule has 2 aromatic heterocycles. The smallest absolute Gasteiger partial charge is 0.259 e. The van der Waals surface area contributed by atoms with Crippen LogP contribution in [0.15, 0.2) is 53.3 Å². The molecule has 0 aliphatic carbocycles. The minimum absolute atomic E-state index is 0.0883. The normalized spacial score (nSPS) is 11.4. The van der Waals surface area contributed by atoms with Crippen LogP contribution >= 0.6 is 0 Å². The number of hydrogen-bond acceptors (Lipinski definition) is 2. The van der Waals surface area contributed by atoms with E-state index < -0.39 is 0 Å². The molecule has 4 heteroatoms. The summed E-state index contributed by atoms with van der Waals surface area (Å²) in [7, 11) is 0. The zero-order valence-corrected chi connectivity index (χ0v) is 12.4. The molecule has 0 spiro atoms. The summed E-state index contributed by atoms with van der Waals surface area (Å²) in [5.41, 5.74) is 5.83. The van der Waals surface area contributed by atoms with Crippen molar-refractivity contribution in [2.45, 2.75) is 13.8 Å². The second kappa shape index (κ2) is 4.56. The van der Waals surface area contributed by atoms with Gasteiger partial charge in [0.15, 0.2) is 0 Å². The Labute approximate surface area is 127 Å². The fraction of sp³-hybridized carbons (Fsp3) is 0.111. The molecule has 0 amide bonds. The van der Waals surface area contributed by atoms with Crippen molar-refractivity contribution in [3.8, 4) is 11.3 Å². The summed E-state index contributed by atoms with van der Waals surface area (Å²) < 4.78 is 1.79. The SMILES string of the molecule is Cc1ccc(-c2cc3[nH]c(=O)c4ccccc4n3n2)cc1C. The maximum Gasteiger partial charge on any atom is 0.259 e. The molecule has 0 unspecified atom stereocenters. The second-order valence-electron chi connectivity index (χ2n) is 5.60. The molecule has 0 bridgehead atoms. The minimum atomic E-state index is -0.0883. The molecule has 108 valence electrons. The highest BCUT2D eigenvalue weighted by Gasteiger charge is 2.10. The lowest BCUT2D eigenvalue weighted by Crippen LogP contribution is -2.09. The van der Waals surface area contributed by atoms with E-state index in [0.29, 0.717) is 11.0 Å². The first-order chi connectivity index (χ1) is 10.6. The first-order valence-corrected chi connectivity index (χ1v) is 7.22. The lowest BCUT2D eigenvalue weighted by molar-refractivity contribution is 0.981. The molecule has 0 saturated heterocycles. The summed E-state index contributed by atoms with van der Waals surface area (Å²) in [6.45, 7) is 4.18. The van der Waals surface area contributed by atoms with Crippen molar-refractivity contribution in [3.05, 3.63) is 70.0 Å². The van der Waals surface area contributed by atoms with Crippen LogP contribution in [0.4, 0.5) is 0 Å². The fourth-order valence-corrected chi connectivity index (χ4v) is 2.73. The Morgan fingerprint density at radius 3 is 2.64 bits per heavy atom. The number of hydrogen-bond donors (Lipinski definition) is 1. The van der Waals surface area contributed by atoms with E-state index >= 15 is 0 Å². The monoisotopic (exact) mass is 289 g/mol. The van der Waals surface area contributed by atoms with Gasteiger partial charge in [0, 0.05) is 11.6 Å². The summed E-state index contributed by atoms with van der Waals surface area (Å²) in [6.07, 6.45) is 0. The fourth-order valence-electron chi connectivity index (χ4n) is 2.73. The summed E-state index contributed by atoms with van der Waals surface area (Å²) in [4.78, 5) is 15.0. The second-order valence-corrected chi connectivity index (χ2v) is 5.60. The molecule has 4 nitrogen and oxygen atoms in total. The maximum absolute atomic E-state index is 12.1. The predicted molar refractivity (Wildman–Crippen MR) is 88.2 cm³/mol. The number of para-hydroxylation sites is 1. The van der Waals surface area contributed by atoms with Gasteiger partial charge in [-0.1, -0.05) is 24.3 Å². The van der Waals surface area contributed by atoms with Crippen LogP contribution in [0.3, 0.4) is 0 Å². The van der Waals surface area contributed by atoms with Crippen LogP contribution < -0.4 is 5.56 Å². The number of aromatic nitrogens is 3. The van der Waals surface area contributed by atoms with Crippen LogP contribution in [0.1, 0.15) is 11.1 Å². The van der Waals surface area contributed by atoms with Gasteiger partial charge in [-0.25, -0.2) is 4.52 Å². The molecule has 0 aliphatic heterocycles. The first-order valence-electron chi connectivity index (χ1n) is 7.22. The lowest BCUT2D eigenvalue weighted by atomic mass is 10.0. The average Bonchev–Trinajstić information content (AvgIpc) is 2.94. The van der Waals surface area contributed by atoms with Gasteiger partial charge < -0.3 is 4.98 Å². The van der Waals surface area contributed by atoms with Gasteiger partial charge in [0.1, 0.15) is 5.65 Å². The molecule has 4 rings (SSSR count). The Morgan fingerprint density at radius 2 is 1.82 bits per heavy atom. The van der Waals surface area contributed by atoms with E-state index in [1.807, 2.05) is 30.3 Å². The maximum atomic E-state index is 12.1. The molecule has 0 saturated carbocycles. The Morgan fingerprint density at radius 1 is 1.00 bits per heavy atom. The number of aryl methyl sites for hydroxylation is 2. The van der Waals surface area contributed by atoms with Crippen molar-refractivity contribution >= 4 is 16.6 Å². The van der Waals surface area contributed by atoms with Crippen LogP contribution in [-0.4, -0.2) is 14.6 Å². The summed E-state index contributed by atoms with van der Waals surface area (Å²) >= 11 is 0. The van der Waals surface area contributed by atoms with Crippen molar-refractivity contribution in [2.75, 3.05) is 0 Å². The van der Waals surface area contributed by atoms with Gasteiger partial charge in [-0.3, -0.25) is 4.79 Å². The molecule has 0 fully saturated rings. The lowest BCUT2D eigenvalue weighted by Gasteiger charge is -2.02. The minimum Gasteiger partial charge on any atom is -0.306 e. The van der Waals surface area contributed by atoms with Crippen molar-refractivity contribution in [1.82, 2.24) is 14.6 Å². The van der Waals surface area contributed by atoms with Crippen LogP contribution in [0, 0.1) is 13.8 Å². The van der Waals surface area contributed by atoms with E-state index in [2.05, 4.69) is 42.1 Å². The molecular formula is C18H15N3O. The van der Waals surface area contributed by atoms with E-state index in [4.69, 9.17) is 0 Å². The Bertz CT molecular complexity index is 1070. The number of H-pyrrole nitrogens is 1. The number of nitrogens with zero attached hydrogens (tertiary/aromatic N) is 2. The summed E-state index contributed by atoms with van der Waals surface area (Å²) in [5.74, 6) is 0. The van der Waals surface area contributed by atoms with Crippen LogP contribution in [0.2, 0.25) is 0 Å². The Balaban J connectivity index is 2.03. The van der Waals surface area contributed by atoms with E-state index in [1.165, 1.54) is 11.1 Å². The topological polar surface area (TPSA) is 50.2 Å². The van der Waals surface area contributed by atoms with Crippen LogP contribution in [0.5, 0.6) is 0 Å². The van der Waals surface area contributed by atoms with Gasteiger partial charge >= 0.3 is 0 Å². The van der Waals surface area contributed by atoms with Gasteiger partial charge in [-0.15, -0.1) is 0 Å². The van der Waals surface area contributed by atoms with Gasteiger partial charge in [-0.05, 0) is 43.2 Å². The zero-order chi connectivity index (χ0) is 15.3. The summed E-state index contributed by atoms with van der Waals surface area (Å²) in [6, 6.07) is 15.7. The quantitative estimate of drug-likeness (QED) is 0.583. The number of fused-ring (bicyclic) bond motifs is 3. The van der Waals surface area contributed by atoms with E-state index in [9.17, 15) is 4.79 Å².